The van der Waals surface area contributed by atoms with Gasteiger partial charge in [-0.05, 0) is 18.1 Å². The Bertz CT molecular complexity index is 656. The van der Waals surface area contributed by atoms with Crippen molar-refractivity contribution >= 4 is 11.5 Å². The minimum atomic E-state index is -0.383. The molecule has 1 aromatic heterocycles. The van der Waals surface area contributed by atoms with Gasteiger partial charge in [0.05, 0.1) is 25.2 Å². The first kappa shape index (κ1) is 16.9. The van der Waals surface area contributed by atoms with Gasteiger partial charge in [-0.1, -0.05) is 31.2 Å². The summed E-state index contributed by atoms with van der Waals surface area (Å²) in [6.45, 7) is 2.74. The lowest BCUT2D eigenvalue weighted by molar-refractivity contribution is -0.890. The molecule has 0 fully saturated rings. The van der Waals surface area contributed by atoms with E-state index in [1.54, 1.807) is 12.3 Å². The standard InChI is InChI=1S/C17H22N4O2/c1-4-13-7-9-14(10-8-13)16(20(2)3)12-19-17-15(21(22)23)6-5-11-18-17/h5-11,16H,4,12H2,1-3H3,(H,18,19)/p+2/t16-/m0/s1. The minimum absolute atomic E-state index is 0.0568. The van der Waals surface area contributed by atoms with Crippen LogP contribution in [0.1, 0.15) is 24.1 Å². The zero-order valence-electron chi connectivity index (χ0n) is 13.8. The van der Waals surface area contributed by atoms with Crippen LogP contribution in [0.2, 0.25) is 0 Å². The van der Waals surface area contributed by atoms with Gasteiger partial charge < -0.3 is 4.90 Å². The van der Waals surface area contributed by atoms with Crippen LogP contribution < -0.4 is 15.2 Å². The number of likely N-dealkylation sites (N-methyl/N-ethyl adjacent to an activating group) is 1. The zero-order valence-corrected chi connectivity index (χ0v) is 13.8. The van der Waals surface area contributed by atoms with Crippen LogP contribution in [-0.4, -0.2) is 25.6 Å². The number of pyridine rings is 1. The van der Waals surface area contributed by atoms with Gasteiger partial charge >= 0.3 is 11.5 Å². The van der Waals surface area contributed by atoms with Gasteiger partial charge in [0.25, 0.3) is 0 Å². The molecule has 2 aromatic rings. The van der Waals surface area contributed by atoms with E-state index in [0.717, 1.165) is 6.42 Å². The van der Waals surface area contributed by atoms with Crippen molar-refractivity contribution in [1.29, 1.82) is 0 Å². The number of quaternary nitrogens is 1. The van der Waals surface area contributed by atoms with E-state index < -0.39 is 0 Å². The first-order chi connectivity index (χ1) is 11.0. The molecule has 1 atom stereocenters. The smallest absolute Gasteiger partial charge is 0.330 e. The molecule has 1 heterocycles. The quantitative estimate of drug-likeness (QED) is 0.597. The highest BCUT2D eigenvalue weighted by molar-refractivity contribution is 5.50. The zero-order chi connectivity index (χ0) is 16.8. The number of benzene rings is 1. The van der Waals surface area contributed by atoms with E-state index in [2.05, 4.69) is 55.6 Å². The molecule has 0 bridgehead atoms. The van der Waals surface area contributed by atoms with Crippen molar-refractivity contribution in [3.8, 4) is 0 Å². The van der Waals surface area contributed by atoms with Crippen LogP contribution in [0.15, 0.2) is 42.6 Å². The molecule has 0 saturated carbocycles. The molecule has 0 amide bonds. The summed E-state index contributed by atoms with van der Waals surface area (Å²) in [7, 11) is 4.17. The van der Waals surface area contributed by atoms with Gasteiger partial charge in [-0.25, -0.2) is 4.98 Å². The number of nitrogens with one attached hydrogen (secondary N) is 3. The number of rotatable bonds is 7. The molecule has 0 radical (unpaired) electrons. The maximum absolute atomic E-state index is 11.1. The molecule has 6 nitrogen and oxygen atoms in total. The van der Waals surface area contributed by atoms with Gasteiger partial charge in [-0.2, -0.15) is 0 Å². The summed E-state index contributed by atoms with van der Waals surface area (Å²) in [4.78, 5) is 14.9. The number of nitro groups is 1. The summed E-state index contributed by atoms with van der Waals surface area (Å²) in [6, 6.07) is 11.9. The Labute approximate surface area is 136 Å². The number of aromatic amines is 1. The van der Waals surface area contributed by atoms with Gasteiger partial charge in [0, 0.05) is 11.6 Å². The third-order valence-electron chi connectivity index (χ3n) is 4.00. The Morgan fingerprint density at radius 3 is 2.52 bits per heavy atom. The SMILES string of the molecule is CCc1ccc([C@H](CNc2[nH+]cccc2[N+](=O)[O-])[NH+](C)C)cc1. The van der Waals surface area contributed by atoms with Crippen LogP contribution in [0.4, 0.5) is 11.5 Å². The van der Waals surface area contributed by atoms with Gasteiger partial charge in [-0.3, -0.25) is 15.4 Å². The molecule has 122 valence electrons. The number of hydrogen-bond donors (Lipinski definition) is 2. The molecule has 2 rings (SSSR count). The van der Waals surface area contributed by atoms with Crippen molar-refractivity contribution in [3.63, 3.8) is 0 Å². The molecule has 0 aliphatic carbocycles. The Morgan fingerprint density at radius 2 is 1.96 bits per heavy atom. The van der Waals surface area contributed by atoms with Gasteiger partial charge in [0.1, 0.15) is 6.54 Å². The number of aryl methyl sites for hydroxylation is 1. The van der Waals surface area contributed by atoms with Crippen LogP contribution in [0.3, 0.4) is 0 Å². The summed E-state index contributed by atoms with van der Waals surface area (Å²) < 4.78 is 0. The molecule has 6 heteroatoms. The summed E-state index contributed by atoms with van der Waals surface area (Å²) in [6.07, 6.45) is 2.70. The Kier molecular flexibility index (Phi) is 5.65. The summed E-state index contributed by atoms with van der Waals surface area (Å²) in [5.74, 6) is 0.439. The van der Waals surface area contributed by atoms with E-state index in [4.69, 9.17) is 0 Å². The maximum atomic E-state index is 11.1. The Morgan fingerprint density at radius 1 is 1.26 bits per heavy atom. The number of nitrogens with zero attached hydrogens (tertiary/aromatic N) is 1. The third kappa shape index (κ3) is 4.26. The first-order valence-electron chi connectivity index (χ1n) is 7.80. The molecule has 1 aromatic carbocycles. The van der Waals surface area contributed by atoms with Crippen molar-refractivity contribution < 1.29 is 14.8 Å². The highest BCUT2D eigenvalue weighted by Crippen LogP contribution is 2.19. The van der Waals surface area contributed by atoms with E-state index in [9.17, 15) is 10.1 Å². The van der Waals surface area contributed by atoms with Crippen LogP contribution in [0, 0.1) is 10.1 Å². The van der Waals surface area contributed by atoms with E-state index in [0.29, 0.717) is 12.4 Å². The molecule has 0 aliphatic heterocycles. The lowest BCUT2D eigenvalue weighted by atomic mass is 10.0. The average Bonchev–Trinajstić information content (AvgIpc) is 2.55. The fourth-order valence-electron chi connectivity index (χ4n) is 2.57. The second-order valence-corrected chi connectivity index (χ2v) is 5.79. The fourth-order valence-corrected chi connectivity index (χ4v) is 2.57. The fraction of sp³-hybridized carbons (Fsp3) is 0.353. The number of H-pyrrole nitrogens is 1. The maximum Gasteiger partial charge on any atom is 0.357 e. The largest absolute Gasteiger partial charge is 0.357 e. The average molecular weight is 316 g/mol. The first-order valence-corrected chi connectivity index (χ1v) is 7.80. The second-order valence-electron chi connectivity index (χ2n) is 5.79. The van der Waals surface area contributed by atoms with E-state index >= 15 is 0 Å². The molecular formula is C17H24N4O2+2. The predicted octanol–water partition coefficient (Wildman–Crippen LogP) is 1.27. The van der Waals surface area contributed by atoms with Crippen molar-refractivity contribution in [2.75, 3.05) is 26.0 Å². The van der Waals surface area contributed by atoms with Crippen molar-refractivity contribution in [3.05, 3.63) is 63.8 Å². The second kappa shape index (κ2) is 7.69. The van der Waals surface area contributed by atoms with Crippen molar-refractivity contribution in [1.82, 2.24) is 0 Å². The lowest BCUT2D eigenvalue weighted by Gasteiger charge is -2.20. The third-order valence-corrected chi connectivity index (χ3v) is 4.00. The van der Waals surface area contributed by atoms with E-state index in [1.165, 1.54) is 22.1 Å². The predicted molar refractivity (Wildman–Crippen MR) is 89.5 cm³/mol. The number of anilines is 1. The van der Waals surface area contributed by atoms with Crippen molar-refractivity contribution in [2.45, 2.75) is 19.4 Å². The summed E-state index contributed by atoms with van der Waals surface area (Å²) >= 11 is 0. The monoisotopic (exact) mass is 316 g/mol. The van der Waals surface area contributed by atoms with Crippen LogP contribution in [0.25, 0.3) is 0 Å². The molecule has 0 spiro atoms. The molecule has 3 N–H and O–H groups in total. The van der Waals surface area contributed by atoms with Crippen LogP contribution in [0.5, 0.6) is 0 Å². The number of hydrogen-bond acceptors (Lipinski definition) is 3. The lowest BCUT2D eigenvalue weighted by Crippen LogP contribution is -3.06. The normalized spacial score (nSPS) is 12.2. The van der Waals surface area contributed by atoms with Gasteiger partial charge in [0.2, 0.25) is 0 Å². The highest BCUT2D eigenvalue weighted by Gasteiger charge is 2.24. The minimum Gasteiger partial charge on any atom is -0.330 e. The molecule has 23 heavy (non-hydrogen) atoms. The molecule has 0 unspecified atom stereocenters. The van der Waals surface area contributed by atoms with E-state index in [-0.39, 0.29) is 16.7 Å². The number of aromatic nitrogens is 1. The highest BCUT2D eigenvalue weighted by atomic mass is 16.6. The van der Waals surface area contributed by atoms with Crippen molar-refractivity contribution in [2.24, 2.45) is 0 Å². The molecule has 0 aliphatic rings. The molecular weight excluding hydrogens is 292 g/mol. The van der Waals surface area contributed by atoms with E-state index in [1.807, 2.05) is 0 Å². The summed E-state index contributed by atoms with van der Waals surface area (Å²) in [5, 5.41) is 14.3. The van der Waals surface area contributed by atoms with Crippen LogP contribution >= 0.6 is 0 Å². The summed E-state index contributed by atoms with van der Waals surface area (Å²) in [5.41, 5.74) is 2.58. The van der Waals surface area contributed by atoms with Gasteiger partial charge in [-0.15, -0.1) is 0 Å². The topological polar surface area (TPSA) is 73.8 Å². The van der Waals surface area contributed by atoms with Crippen LogP contribution in [-0.2, 0) is 6.42 Å². The Balaban J connectivity index is 2.16. The van der Waals surface area contributed by atoms with Gasteiger partial charge in [0.15, 0.2) is 6.04 Å². The molecule has 0 saturated heterocycles. The Hall–Kier alpha value is -2.47.